The standard InChI is InChI=1S/C10H11N3O3/c11-10(16)13-6-12-9(15)8-4-2-1-3-7(8)5-14/h1-5H,6H2,(H,12,15)(H3,11,13,16). The molecule has 4 N–H and O–H groups in total. The van der Waals surface area contributed by atoms with E-state index in [0.717, 1.165) is 0 Å². The van der Waals surface area contributed by atoms with Crippen LogP contribution in [0, 0.1) is 0 Å². The molecular formula is C10H11N3O3. The Kier molecular flexibility index (Phi) is 4.02. The molecule has 0 bridgehead atoms. The summed E-state index contributed by atoms with van der Waals surface area (Å²) in [7, 11) is 0. The van der Waals surface area contributed by atoms with Gasteiger partial charge in [0, 0.05) is 11.1 Å². The molecule has 0 aliphatic heterocycles. The number of rotatable bonds is 4. The van der Waals surface area contributed by atoms with E-state index in [1.54, 1.807) is 12.1 Å². The monoisotopic (exact) mass is 221 g/mol. The predicted molar refractivity (Wildman–Crippen MR) is 56.9 cm³/mol. The van der Waals surface area contributed by atoms with Crippen LogP contribution in [0.4, 0.5) is 4.79 Å². The summed E-state index contributed by atoms with van der Waals surface area (Å²) in [5.74, 6) is -0.448. The number of urea groups is 1. The third-order valence-electron chi connectivity index (χ3n) is 1.84. The number of hydrogen-bond donors (Lipinski definition) is 3. The lowest BCUT2D eigenvalue weighted by Crippen LogP contribution is -2.40. The van der Waals surface area contributed by atoms with Crippen LogP contribution < -0.4 is 16.4 Å². The minimum absolute atomic E-state index is 0.0820. The molecule has 16 heavy (non-hydrogen) atoms. The van der Waals surface area contributed by atoms with Gasteiger partial charge in [-0.2, -0.15) is 0 Å². The van der Waals surface area contributed by atoms with Gasteiger partial charge >= 0.3 is 6.03 Å². The van der Waals surface area contributed by atoms with E-state index < -0.39 is 11.9 Å². The van der Waals surface area contributed by atoms with Gasteiger partial charge in [-0.3, -0.25) is 9.59 Å². The molecule has 1 aromatic carbocycles. The zero-order valence-electron chi connectivity index (χ0n) is 8.40. The Hall–Kier alpha value is -2.37. The number of nitrogens with one attached hydrogen (secondary N) is 2. The van der Waals surface area contributed by atoms with Crippen LogP contribution in [0.3, 0.4) is 0 Å². The van der Waals surface area contributed by atoms with Crippen molar-refractivity contribution in [2.24, 2.45) is 5.73 Å². The van der Waals surface area contributed by atoms with Crippen LogP contribution >= 0.6 is 0 Å². The number of benzene rings is 1. The number of carbonyl (C=O) groups excluding carboxylic acids is 3. The molecule has 1 aromatic rings. The molecule has 84 valence electrons. The topological polar surface area (TPSA) is 101 Å². The molecule has 0 aromatic heterocycles. The Morgan fingerprint density at radius 2 is 1.94 bits per heavy atom. The van der Waals surface area contributed by atoms with Gasteiger partial charge in [0.15, 0.2) is 6.29 Å². The van der Waals surface area contributed by atoms with Crippen LogP contribution in [0.2, 0.25) is 0 Å². The Balaban J connectivity index is 2.65. The fourth-order valence-electron chi connectivity index (χ4n) is 1.11. The average Bonchev–Trinajstić information content (AvgIpc) is 2.28. The molecule has 0 heterocycles. The van der Waals surface area contributed by atoms with E-state index in [4.69, 9.17) is 5.73 Å². The maximum absolute atomic E-state index is 11.5. The van der Waals surface area contributed by atoms with Gasteiger partial charge in [0.2, 0.25) is 0 Å². The molecule has 0 aliphatic carbocycles. The number of hydrogen-bond acceptors (Lipinski definition) is 3. The predicted octanol–water partition coefficient (Wildman–Crippen LogP) is -0.145. The van der Waals surface area contributed by atoms with Crippen molar-refractivity contribution in [3.8, 4) is 0 Å². The molecular weight excluding hydrogens is 210 g/mol. The summed E-state index contributed by atoms with van der Waals surface area (Å²) >= 11 is 0. The summed E-state index contributed by atoms with van der Waals surface area (Å²) < 4.78 is 0. The summed E-state index contributed by atoms with van der Waals surface area (Å²) in [5.41, 5.74) is 5.36. The SMILES string of the molecule is NC(=O)NCNC(=O)c1ccccc1C=O. The molecule has 0 radical (unpaired) electrons. The van der Waals surface area contributed by atoms with Crippen molar-refractivity contribution < 1.29 is 14.4 Å². The fraction of sp³-hybridized carbons (Fsp3) is 0.100. The third-order valence-corrected chi connectivity index (χ3v) is 1.84. The van der Waals surface area contributed by atoms with Crippen LogP contribution in [0.25, 0.3) is 0 Å². The maximum Gasteiger partial charge on any atom is 0.313 e. The van der Waals surface area contributed by atoms with Gasteiger partial charge < -0.3 is 16.4 Å². The van der Waals surface area contributed by atoms with E-state index in [1.807, 2.05) is 0 Å². The van der Waals surface area contributed by atoms with Crippen molar-refractivity contribution in [3.63, 3.8) is 0 Å². The number of aldehydes is 1. The smallest absolute Gasteiger partial charge is 0.313 e. The Bertz CT molecular complexity index is 418. The molecule has 6 heteroatoms. The second kappa shape index (κ2) is 5.50. The quantitative estimate of drug-likeness (QED) is 0.487. The van der Waals surface area contributed by atoms with Gasteiger partial charge in [-0.25, -0.2) is 4.79 Å². The van der Waals surface area contributed by atoms with Gasteiger partial charge in [-0.15, -0.1) is 0 Å². The Morgan fingerprint density at radius 3 is 2.56 bits per heavy atom. The second-order valence-corrected chi connectivity index (χ2v) is 2.93. The molecule has 6 nitrogen and oxygen atoms in total. The summed E-state index contributed by atoms with van der Waals surface area (Å²) in [4.78, 5) is 32.5. The average molecular weight is 221 g/mol. The van der Waals surface area contributed by atoms with Gasteiger partial charge in [0.1, 0.15) is 0 Å². The van der Waals surface area contributed by atoms with Crippen molar-refractivity contribution >= 4 is 18.2 Å². The normalized spacial score (nSPS) is 9.25. The maximum atomic E-state index is 11.5. The van der Waals surface area contributed by atoms with Crippen LogP contribution in [0.1, 0.15) is 20.7 Å². The van der Waals surface area contributed by atoms with Crippen LogP contribution in [-0.4, -0.2) is 24.9 Å². The first-order valence-electron chi connectivity index (χ1n) is 4.51. The number of primary amides is 1. The number of amides is 3. The molecule has 1 rings (SSSR count). The van der Waals surface area contributed by atoms with Gasteiger partial charge in [0.25, 0.3) is 5.91 Å². The molecule has 0 atom stereocenters. The van der Waals surface area contributed by atoms with Crippen molar-refractivity contribution in [1.29, 1.82) is 0 Å². The van der Waals surface area contributed by atoms with Gasteiger partial charge in [0.05, 0.1) is 6.67 Å². The molecule has 3 amide bonds. The van der Waals surface area contributed by atoms with E-state index in [1.165, 1.54) is 12.1 Å². The minimum atomic E-state index is -0.732. The van der Waals surface area contributed by atoms with E-state index in [9.17, 15) is 14.4 Å². The highest BCUT2D eigenvalue weighted by Crippen LogP contribution is 2.05. The molecule has 0 unspecified atom stereocenters. The van der Waals surface area contributed by atoms with E-state index in [0.29, 0.717) is 11.8 Å². The van der Waals surface area contributed by atoms with Crippen molar-refractivity contribution in [2.45, 2.75) is 0 Å². The molecule has 0 saturated heterocycles. The Labute approximate surface area is 91.8 Å². The first kappa shape index (κ1) is 11.7. The second-order valence-electron chi connectivity index (χ2n) is 2.93. The number of nitrogens with two attached hydrogens (primary N) is 1. The summed E-state index contributed by atoms with van der Waals surface area (Å²) in [5, 5.41) is 4.60. The van der Waals surface area contributed by atoms with Crippen molar-refractivity contribution in [2.75, 3.05) is 6.67 Å². The number of carbonyl (C=O) groups is 3. The summed E-state index contributed by atoms with van der Waals surface area (Å²) in [6, 6.07) is 5.61. The van der Waals surface area contributed by atoms with Crippen molar-refractivity contribution in [1.82, 2.24) is 10.6 Å². The fourth-order valence-corrected chi connectivity index (χ4v) is 1.11. The summed E-state index contributed by atoms with van der Waals surface area (Å²) in [6.07, 6.45) is 0.594. The van der Waals surface area contributed by atoms with E-state index in [-0.39, 0.29) is 12.2 Å². The zero-order chi connectivity index (χ0) is 12.0. The highest BCUT2D eigenvalue weighted by molar-refractivity contribution is 6.01. The van der Waals surface area contributed by atoms with Crippen molar-refractivity contribution in [3.05, 3.63) is 35.4 Å². The lowest BCUT2D eigenvalue weighted by Gasteiger charge is -2.06. The van der Waals surface area contributed by atoms with E-state index >= 15 is 0 Å². The highest BCUT2D eigenvalue weighted by atomic mass is 16.2. The lowest BCUT2D eigenvalue weighted by atomic mass is 10.1. The molecule has 0 aliphatic rings. The summed E-state index contributed by atoms with van der Waals surface area (Å²) in [6.45, 7) is -0.0820. The van der Waals surface area contributed by atoms with Crippen LogP contribution in [0.15, 0.2) is 24.3 Å². The zero-order valence-corrected chi connectivity index (χ0v) is 8.40. The minimum Gasteiger partial charge on any atom is -0.352 e. The first-order valence-corrected chi connectivity index (χ1v) is 4.51. The molecule has 0 saturated carbocycles. The first-order chi connectivity index (χ1) is 7.65. The van der Waals surface area contributed by atoms with Crippen LogP contribution in [0.5, 0.6) is 0 Å². The van der Waals surface area contributed by atoms with E-state index in [2.05, 4.69) is 10.6 Å². The van der Waals surface area contributed by atoms with Gasteiger partial charge in [-0.05, 0) is 6.07 Å². The molecule has 0 spiro atoms. The lowest BCUT2D eigenvalue weighted by molar-refractivity contribution is 0.0946. The largest absolute Gasteiger partial charge is 0.352 e. The molecule has 0 fully saturated rings. The van der Waals surface area contributed by atoms with Gasteiger partial charge in [-0.1, -0.05) is 18.2 Å². The Morgan fingerprint density at radius 1 is 1.25 bits per heavy atom. The third kappa shape index (κ3) is 3.09. The highest BCUT2D eigenvalue weighted by Gasteiger charge is 2.09. The van der Waals surface area contributed by atoms with Crippen LogP contribution in [-0.2, 0) is 0 Å².